The number of aryl methyl sites for hydroxylation is 1. The Balaban J connectivity index is 2.13. The fourth-order valence-corrected chi connectivity index (χ4v) is 3.35. The number of aliphatic hydroxyl groups excluding tert-OH is 1. The summed E-state index contributed by atoms with van der Waals surface area (Å²) in [6, 6.07) is 5.29. The molecule has 1 aromatic carbocycles. The number of nitrogens with zero attached hydrogens (tertiary/aromatic N) is 2. The number of hydrogen-bond donors (Lipinski definition) is 1. The summed E-state index contributed by atoms with van der Waals surface area (Å²) in [7, 11) is 2.13. The van der Waals surface area contributed by atoms with Crippen molar-refractivity contribution in [3.05, 3.63) is 34.5 Å². The van der Waals surface area contributed by atoms with Gasteiger partial charge in [-0.15, -0.1) is 0 Å². The molecule has 3 nitrogen and oxygen atoms in total. The molecule has 0 unspecified atom stereocenters. The van der Waals surface area contributed by atoms with Crippen molar-refractivity contribution >= 4 is 10.9 Å². The Morgan fingerprint density at radius 2 is 1.85 bits per heavy atom. The van der Waals surface area contributed by atoms with Gasteiger partial charge in [-0.25, -0.2) is 0 Å². The second-order valence-electron chi connectivity index (χ2n) is 6.23. The molecule has 3 heteroatoms. The minimum atomic E-state index is 0.217. The Kier molecular flexibility index (Phi) is 3.35. The van der Waals surface area contributed by atoms with E-state index in [1.54, 1.807) is 0 Å². The van der Waals surface area contributed by atoms with Gasteiger partial charge in [0.1, 0.15) is 0 Å². The van der Waals surface area contributed by atoms with Gasteiger partial charge in [-0.3, -0.25) is 4.90 Å². The predicted octanol–water partition coefficient (Wildman–Crippen LogP) is 2.75. The van der Waals surface area contributed by atoms with Crippen molar-refractivity contribution in [2.45, 2.75) is 46.3 Å². The number of fused-ring (bicyclic) bond motifs is 2. The van der Waals surface area contributed by atoms with Crippen molar-refractivity contribution in [1.82, 2.24) is 9.47 Å². The second-order valence-corrected chi connectivity index (χ2v) is 6.23. The van der Waals surface area contributed by atoms with Crippen LogP contribution in [0.15, 0.2) is 12.1 Å². The van der Waals surface area contributed by atoms with Gasteiger partial charge in [-0.2, -0.15) is 0 Å². The first-order valence-electron chi connectivity index (χ1n) is 7.47. The number of hydrogen-bond acceptors (Lipinski definition) is 2. The molecule has 108 valence electrons. The van der Waals surface area contributed by atoms with E-state index in [-0.39, 0.29) is 6.61 Å². The van der Waals surface area contributed by atoms with Crippen molar-refractivity contribution in [2.24, 2.45) is 7.05 Å². The Labute approximate surface area is 120 Å². The lowest BCUT2D eigenvalue weighted by Gasteiger charge is -2.18. The Hall–Kier alpha value is -1.32. The first-order chi connectivity index (χ1) is 9.52. The van der Waals surface area contributed by atoms with Crippen LogP contribution in [0, 0.1) is 6.92 Å². The number of aromatic nitrogens is 1. The zero-order valence-electron chi connectivity index (χ0n) is 12.9. The summed E-state index contributed by atoms with van der Waals surface area (Å²) in [6.07, 6.45) is 0.746. The quantitative estimate of drug-likeness (QED) is 0.930. The largest absolute Gasteiger partial charge is 0.396 e. The highest BCUT2D eigenvalue weighted by Crippen LogP contribution is 2.33. The van der Waals surface area contributed by atoms with Crippen LogP contribution in [0.3, 0.4) is 0 Å². The molecule has 2 heterocycles. The van der Waals surface area contributed by atoms with Crippen molar-refractivity contribution in [2.75, 3.05) is 6.61 Å². The maximum Gasteiger partial charge on any atom is 0.0486 e. The standard InChI is InChI=1S/C17H24N2O/c1-11(2)19-9-13-7-16-15(5-6-20)12(3)18(4)17(16)8-14(13)10-19/h7-8,11,20H,5-6,9-10H2,1-4H3. The molecule has 3 rings (SSSR count). The van der Waals surface area contributed by atoms with E-state index in [4.69, 9.17) is 0 Å². The van der Waals surface area contributed by atoms with Crippen LogP contribution in [0.2, 0.25) is 0 Å². The van der Waals surface area contributed by atoms with E-state index in [0.717, 1.165) is 19.5 Å². The average molecular weight is 272 g/mol. The molecule has 1 aromatic heterocycles. The maximum absolute atomic E-state index is 9.30. The van der Waals surface area contributed by atoms with Crippen molar-refractivity contribution in [3.8, 4) is 0 Å². The van der Waals surface area contributed by atoms with Gasteiger partial charge in [-0.05, 0) is 56.0 Å². The van der Waals surface area contributed by atoms with Crippen LogP contribution in [0.25, 0.3) is 10.9 Å². The Morgan fingerprint density at radius 3 is 2.45 bits per heavy atom. The fraction of sp³-hybridized carbons (Fsp3) is 0.529. The summed E-state index contributed by atoms with van der Waals surface area (Å²) in [5, 5.41) is 10.6. The summed E-state index contributed by atoms with van der Waals surface area (Å²) in [4.78, 5) is 2.50. The molecule has 1 aliphatic heterocycles. The Morgan fingerprint density at radius 1 is 1.20 bits per heavy atom. The molecule has 0 spiro atoms. The lowest BCUT2D eigenvalue weighted by atomic mass is 10.0. The van der Waals surface area contributed by atoms with E-state index in [1.807, 2.05) is 0 Å². The highest BCUT2D eigenvalue weighted by molar-refractivity contribution is 5.87. The van der Waals surface area contributed by atoms with Crippen molar-refractivity contribution in [1.29, 1.82) is 0 Å². The van der Waals surface area contributed by atoms with Gasteiger partial charge in [0.2, 0.25) is 0 Å². The third-order valence-electron chi connectivity index (χ3n) is 4.78. The van der Waals surface area contributed by atoms with E-state index in [0.29, 0.717) is 6.04 Å². The lowest BCUT2D eigenvalue weighted by molar-refractivity contribution is 0.227. The molecular formula is C17H24N2O. The first-order valence-corrected chi connectivity index (χ1v) is 7.47. The fourth-order valence-electron chi connectivity index (χ4n) is 3.35. The van der Waals surface area contributed by atoms with E-state index < -0.39 is 0 Å². The monoisotopic (exact) mass is 272 g/mol. The zero-order valence-corrected chi connectivity index (χ0v) is 12.9. The smallest absolute Gasteiger partial charge is 0.0486 e. The SMILES string of the molecule is Cc1c(CCO)c2cc3c(cc2n1C)CN(C(C)C)C3. The van der Waals surface area contributed by atoms with Crippen LogP contribution < -0.4 is 0 Å². The average Bonchev–Trinajstić information content (AvgIpc) is 2.93. The van der Waals surface area contributed by atoms with Gasteiger partial charge in [-0.1, -0.05) is 0 Å². The molecule has 0 amide bonds. The number of rotatable bonds is 3. The maximum atomic E-state index is 9.30. The highest BCUT2D eigenvalue weighted by atomic mass is 16.2. The molecule has 1 N–H and O–H groups in total. The summed E-state index contributed by atoms with van der Waals surface area (Å²) in [6.45, 7) is 8.99. The van der Waals surface area contributed by atoms with Crippen LogP contribution in [0.5, 0.6) is 0 Å². The molecule has 0 saturated heterocycles. The summed E-state index contributed by atoms with van der Waals surface area (Å²) in [5.41, 5.74) is 6.79. The van der Waals surface area contributed by atoms with Crippen LogP contribution >= 0.6 is 0 Å². The molecule has 20 heavy (non-hydrogen) atoms. The number of benzene rings is 1. The van der Waals surface area contributed by atoms with Crippen LogP contribution in [-0.2, 0) is 26.6 Å². The van der Waals surface area contributed by atoms with E-state index in [9.17, 15) is 5.11 Å². The van der Waals surface area contributed by atoms with Gasteiger partial charge >= 0.3 is 0 Å². The molecule has 1 aliphatic rings. The van der Waals surface area contributed by atoms with E-state index >= 15 is 0 Å². The molecule has 0 bridgehead atoms. The molecule has 0 atom stereocenters. The van der Waals surface area contributed by atoms with E-state index in [2.05, 4.69) is 49.4 Å². The van der Waals surface area contributed by atoms with Gasteiger partial charge < -0.3 is 9.67 Å². The summed E-state index contributed by atoms with van der Waals surface area (Å²) >= 11 is 0. The molecule has 2 aromatic rings. The highest BCUT2D eigenvalue weighted by Gasteiger charge is 2.23. The molecule has 0 radical (unpaired) electrons. The van der Waals surface area contributed by atoms with E-state index in [1.165, 1.54) is 33.3 Å². The molecular weight excluding hydrogens is 248 g/mol. The van der Waals surface area contributed by atoms with Crippen molar-refractivity contribution < 1.29 is 5.11 Å². The lowest BCUT2D eigenvalue weighted by Crippen LogP contribution is -2.24. The zero-order chi connectivity index (χ0) is 14.4. The minimum absolute atomic E-state index is 0.217. The minimum Gasteiger partial charge on any atom is -0.396 e. The normalized spacial score (nSPS) is 15.5. The van der Waals surface area contributed by atoms with Gasteiger partial charge in [0, 0.05) is 49.4 Å². The molecule has 0 fully saturated rings. The van der Waals surface area contributed by atoms with Gasteiger partial charge in [0.25, 0.3) is 0 Å². The second kappa shape index (κ2) is 4.90. The third kappa shape index (κ3) is 1.97. The summed E-state index contributed by atoms with van der Waals surface area (Å²) < 4.78 is 2.26. The number of aliphatic hydroxyl groups is 1. The third-order valence-corrected chi connectivity index (χ3v) is 4.78. The van der Waals surface area contributed by atoms with Gasteiger partial charge in [0.05, 0.1) is 0 Å². The summed E-state index contributed by atoms with van der Waals surface area (Å²) in [5.74, 6) is 0. The van der Waals surface area contributed by atoms with Gasteiger partial charge in [0.15, 0.2) is 0 Å². The predicted molar refractivity (Wildman–Crippen MR) is 82.8 cm³/mol. The van der Waals surface area contributed by atoms with Crippen LogP contribution in [0.1, 0.15) is 36.2 Å². The molecule has 0 saturated carbocycles. The van der Waals surface area contributed by atoms with Crippen LogP contribution in [0.4, 0.5) is 0 Å². The topological polar surface area (TPSA) is 28.4 Å². The first kappa shape index (κ1) is 13.7. The Bertz CT molecular complexity index is 655. The van der Waals surface area contributed by atoms with Crippen LogP contribution in [-0.4, -0.2) is 27.2 Å². The molecule has 0 aliphatic carbocycles. The van der Waals surface area contributed by atoms with Crippen molar-refractivity contribution in [3.63, 3.8) is 0 Å².